The van der Waals surface area contributed by atoms with E-state index in [1.807, 2.05) is 0 Å². The van der Waals surface area contributed by atoms with E-state index in [4.69, 9.17) is 0 Å². The molecule has 2 fully saturated rings. The lowest BCUT2D eigenvalue weighted by Crippen LogP contribution is -2.41. The lowest BCUT2D eigenvalue weighted by molar-refractivity contribution is 0.0796. The summed E-state index contributed by atoms with van der Waals surface area (Å²) in [6.07, 6.45) is 9.06. The smallest absolute Gasteiger partial charge is 0.0580 e. The molecular weight excluding hydrogens is 210 g/mol. The first-order chi connectivity index (χ1) is 8.16. The number of aliphatic hydroxyl groups is 1. The van der Waals surface area contributed by atoms with Crippen molar-refractivity contribution in [1.82, 2.24) is 4.90 Å². The first-order valence-corrected chi connectivity index (χ1v) is 7.59. The number of nitrogens with zero attached hydrogens (tertiary/aromatic N) is 1. The van der Waals surface area contributed by atoms with E-state index in [-0.39, 0.29) is 6.10 Å². The highest BCUT2D eigenvalue weighted by Crippen LogP contribution is 2.30. The van der Waals surface area contributed by atoms with Crippen molar-refractivity contribution >= 4 is 0 Å². The summed E-state index contributed by atoms with van der Waals surface area (Å²) in [5, 5.41) is 9.99. The van der Waals surface area contributed by atoms with E-state index >= 15 is 0 Å². The predicted molar refractivity (Wildman–Crippen MR) is 72.0 cm³/mol. The Morgan fingerprint density at radius 3 is 2.29 bits per heavy atom. The largest absolute Gasteiger partial charge is 0.393 e. The van der Waals surface area contributed by atoms with Crippen molar-refractivity contribution in [3.05, 3.63) is 0 Å². The summed E-state index contributed by atoms with van der Waals surface area (Å²) in [5.41, 5.74) is 0. The van der Waals surface area contributed by atoms with Crippen LogP contribution in [0.3, 0.4) is 0 Å². The zero-order valence-corrected chi connectivity index (χ0v) is 11.6. The Morgan fingerprint density at radius 2 is 1.76 bits per heavy atom. The molecule has 0 saturated heterocycles. The van der Waals surface area contributed by atoms with Gasteiger partial charge in [0.15, 0.2) is 0 Å². The lowest BCUT2D eigenvalue weighted by Gasteiger charge is -2.33. The topological polar surface area (TPSA) is 23.5 Å². The van der Waals surface area contributed by atoms with Gasteiger partial charge in [0.2, 0.25) is 0 Å². The highest BCUT2D eigenvalue weighted by Gasteiger charge is 2.30. The number of hydrogen-bond acceptors (Lipinski definition) is 2. The van der Waals surface area contributed by atoms with Crippen LogP contribution >= 0.6 is 0 Å². The Morgan fingerprint density at radius 1 is 1.06 bits per heavy atom. The normalized spacial score (nSPS) is 30.9. The van der Waals surface area contributed by atoms with Gasteiger partial charge in [0.25, 0.3) is 0 Å². The molecule has 0 bridgehead atoms. The molecule has 2 aliphatic rings. The second-order valence-electron chi connectivity index (χ2n) is 6.54. The Labute approximate surface area is 106 Å². The van der Waals surface area contributed by atoms with Crippen LogP contribution in [-0.4, -0.2) is 35.2 Å². The zero-order chi connectivity index (χ0) is 12.3. The Bertz CT molecular complexity index is 223. The molecule has 2 heteroatoms. The molecule has 100 valence electrons. The van der Waals surface area contributed by atoms with E-state index < -0.39 is 0 Å². The quantitative estimate of drug-likeness (QED) is 0.797. The van der Waals surface area contributed by atoms with Crippen molar-refractivity contribution in [1.29, 1.82) is 0 Å². The van der Waals surface area contributed by atoms with Gasteiger partial charge in [-0.15, -0.1) is 0 Å². The van der Waals surface area contributed by atoms with Gasteiger partial charge in [-0.3, -0.25) is 4.90 Å². The Balaban J connectivity index is 1.89. The third-order valence-corrected chi connectivity index (χ3v) is 4.53. The second-order valence-corrected chi connectivity index (χ2v) is 6.54. The molecule has 0 aromatic heterocycles. The summed E-state index contributed by atoms with van der Waals surface area (Å²) in [7, 11) is 0. The van der Waals surface area contributed by atoms with Gasteiger partial charge in [0, 0.05) is 19.1 Å². The first kappa shape index (κ1) is 13.4. The van der Waals surface area contributed by atoms with Crippen LogP contribution in [0, 0.1) is 11.8 Å². The molecule has 17 heavy (non-hydrogen) atoms. The fourth-order valence-electron chi connectivity index (χ4n) is 3.64. The Kier molecular flexibility index (Phi) is 4.87. The van der Waals surface area contributed by atoms with E-state index in [0.717, 1.165) is 24.9 Å². The number of hydrogen-bond donors (Lipinski definition) is 1. The van der Waals surface area contributed by atoms with Crippen molar-refractivity contribution in [3.8, 4) is 0 Å². The summed E-state index contributed by atoms with van der Waals surface area (Å²) in [6, 6.07) is 0.810. The maximum atomic E-state index is 9.99. The van der Waals surface area contributed by atoms with E-state index in [1.54, 1.807) is 0 Å². The van der Waals surface area contributed by atoms with Gasteiger partial charge in [0.1, 0.15) is 0 Å². The highest BCUT2D eigenvalue weighted by atomic mass is 16.3. The van der Waals surface area contributed by atoms with Crippen LogP contribution in [0.25, 0.3) is 0 Å². The fraction of sp³-hybridized carbons (Fsp3) is 1.00. The molecular formula is C15H29NO. The highest BCUT2D eigenvalue weighted by molar-refractivity contribution is 4.84. The zero-order valence-electron chi connectivity index (χ0n) is 11.6. The molecule has 2 atom stereocenters. The monoisotopic (exact) mass is 239 g/mol. The van der Waals surface area contributed by atoms with Crippen LogP contribution in [0.15, 0.2) is 0 Å². The molecule has 0 radical (unpaired) electrons. The van der Waals surface area contributed by atoms with E-state index in [1.165, 1.54) is 45.1 Å². The third-order valence-electron chi connectivity index (χ3n) is 4.53. The SMILES string of the molecule is CC(C)CN(CC1CCCC1O)C1CCCC1. The molecule has 2 rings (SSSR count). The third kappa shape index (κ3) is 3.69. The summed E-state index contributed by atoms with van der Waals surface area (Å²) in [4.78, 5) is 2.69. The van der Waals surface area contributed by atoms with Gasteiger partial charge < -0.3 is 5.11 Å². The lowest BCUT2D eigenvalue weighted by atomic mass is 10.0. The molecule has 2 saturated carbocycles. The second kappa shape index (κ2) is 6.19. The maximum Gasteiger partial charge on any atom is 0.0580 e. The summed E-state index contributed by atoms with van der Waals surface area (Å²) in [5.74, 6) is 1.29. The van der Waals surface area contributed by atoms with Crippen molar-refractivity contribution in [2.45, 2.75) is 70.9 Å². The molecule has 0 aromatic carbocycles. The van der Waals surface area contributed by atoms with Gasteiger partial charge in [-0.05, 0) is 37.5 Å². The standard InChI is InChI=1S/C15H29NO/c1-12(2)10-16(14-7-3-4-8-14)11-13-6-5-9-15(13)17/h12-15,17H,3-11H2,1-2H3. The first-order valence-electron chi connectivity index (χ1n) is 7.59. The molecule has 0 aromatic rings. The summed E-state index contributed by atoms with van der Waals surface area (Å²) in [6.45, 7) is 6.98. The molecule has 0 heterocycles. The van der Waals surface area contributed by atoms with Gasteiger partial charge in [0.05, 0.1) is 6.10 Å². The molecule has 0 amide bonds. The molecule has 2 nitrogen and oxygen atoms in total. The van der Waals surface area contributed by atoms with Crippen molar-refractivity contribution in [2.75, 3.05) is 13.1 Å². The van der Waals surface area contributed by atoms with Gasteiger partial charge in [-0.1, -0.05) is 33.1 Å². The molecule has 2 unspecified atom stereocenters. The Hall–Kier alpha value is -0.0800. The van der Waals surface area contributed by atoms with Crippen LogP contribution in [0.2, 0.25) is 0 Å². The van der Waals surface area contributed by atoms with Crippen molar-refractivity contribution in [2.24, 2.45) is 11.8 Å². The van der Waals surface area contributed by atoms with Crippen molar-refractivity contribution in [3.63, 3.8) is 0 Å². The molecule has 2 aliphatic carbocycles. The van der Waals surface area contributed by atoms with Crippen LogP contribution < -0.4 is 0 Å². The molecule has 1 N–H and O–H groups in total. The van der Waals surface area contributed by atoms with Crippen LogP contribution in [0.5, 0.6) is 0 Å². The van der Waals surface area contributed by atoms with E-state index in [9.17, 15) is 5.11 Å². The number of aliphatic hydroxyl groups excluding tert-OH is 1. The molecule has 0 aliphatic heterocycles. The van der Waals surface area contributed by atoms with Crippen molar-refractivity contribution < 1.29 is 5.11 Å². The van der Waals surface area contributed by atoms with Gasteiger partial charge in [-0.25, -0.2) is 0 Å². The fourth-order valence-corrected chi connectivity index (χ4v) is 3.64. The minimum Gasteiger partial charge on any atom is -0.393 e. The van der Waals surface area contributed by atoms with Crippen LogP contribution in [0.4, 0.5) is 0 Å². The van der Waals surface area contributed by atoms with Gasteiger partial charge >= 0.3 is 0 Å². The number of rotatable bonds is 5. The van der Waals surface area contributed by atoms with Gasteiger partial charge in [-0.2, -0.15) is 0 Å². The average Bonchev–Trinajstić information content (AvgIpc) is 2.89. The van der Waals surface area contributed by atoms with E-state index in [0.29, 0.717) is 5.92 Å². The van der Waals surface area contributed by atoms with Crippen LogP contribution in [0.1, 0.15) is 58.8 Å². The maximum absolute atomic E-state index is 9.99. The van der Waals surface area contributed by atoms with Crippen LogP contribution in [-0.2, 0) is 0 Å². The molecule has 0 spiro atoms. The minimum absolute atomic E-state index is 0.0222. The van der Waals surface area contributed by atoms with E-state index in [2.05, 4.69) is 18.7 Å². The average molecular weight is 239 g/mol. The summed E-state index contributed by atoms with van der Waals surface area (Å²) >= 11 is 0. The minimum atomic E-state index is -0.0222. The predicted octanol–water partition coefficient (Wildman–Crippen LogP) is 3.05. The summed E-state index contributed by atoms with van der Waals surface area (Å²) < 4.78 is 0.